The van der Waals surface area contributed by atoms with Crippen molar-refractivity contribution in [3.8, 4) is 0 Å². The van der Waals surface area contributed by atoms with Crippen LogP contribution in [-0.4, -0.2) is 21.2 Å². The fraction of sp³-hybridized carbons (Fsp3) is 0.154. The molecule has 7 heteroatoms. The predicted octanol–water partition coefficient (Wildman–Crippen LogP) is 1.43. The Morgan fingerprint density at radius 1 is 1.25 bits per heavy atom. The van der Waals surface area contributed by atoms with Gasteiger partial charge in [0, 0.05) is 19.3 Å². The number of halogens is 2. The molecule has 0 aliphatic carbocycles. The molecule has 20 heavy (non-hydrogen) atoms. The highest BCUT2D eigenvalue weighted by Crippen LogP contribution is 2.33. The Morgan fingerprint density at radius 2 is 2.00 bits per heavy atom. The molecule has 0 spiro atoms. The minimum absolute atomic E-state index is 0.0248. The van der Waals surface area contributed by atoms with E-state index in [1.165, 1.54) is 12.5 Å². The van der Waals surface area contributed by atoms with Crippen molar-refractivity contribution in [2.45, 2.75) is 6.54 Å². The monoisotopic (exact) mass is 277 g/mol. The van der Waals surface area contributed by atoms with E-state index in [-0.39, 0.29) is 17.8 Å². The number of benzene rings is 1. The fourth-order valence-corrected chi connectivity index (χ4v) is 2.19. The number of amides is 1. The average Bonchev–Trinajstić information content (AvgIpc) is 2.87. The normalized spacial score (nSPS) is 14.1. The van der Waals surface area contributed by atoms with E-state index >= 15 is 0 Å². The molecule has 2 aromatic rings. The van der Waals surface area contributed by atoms with Gasteiger partial charge in [0.2, 0.25) is 0 Å². The Hall–Kier alpha value is -2.57. The number of carbonyl (C=O) groups excluding carboxylic acids is 2. The molecule has 0 radical (unpaired) electrons. The molecular weight excluding hydrogens is 268 g/mol. The van der Waals surface area contributed by atoms with Gasteiger partial charge in [0.05, 0.1) is 29.8 Å². The molecule has 0 saturated carbocycles. The third-order valence-corrected chi connectivity index (χ3v) is 3.23. The van der Waals surface area contributed by atoms with Crippen molar-refractivity contribution >= 4 is 17.4 Å². The van der Waals surface area contributed by atoms with E-state index in [0.29, 0.717) is 11.8 Å². The zero-order valence-electron chi connectivity index (χ0n) is 10.4. The first kappa shape index (κ1) is 12.5. The van der Waals surface area contributed by atoms with Gasteiger partial charge in [0.1, 0.15) is 11.6 Å². The van der Waals surface area contributed by atoms with Crippen molar-refractivity contribution in [2.75, 3.05) is 4.90 Å². The number of rotatable bonds is 2. The third kappa shape index (κ3) is 1.70. The van der Waals surface area contributed by atoms with Crippen LogP contribution in [-0.2, 0) is 18.4 Å². The third-order valence-electron chi connectivity index (χ3n) is 3.23. The summed E-state index contributed by atoms with van der Waals surface area (Å²) in [7, 11) is 1.72. The van der Waals surface area contributed by atoms with E-state index in [1.54, 1.807) is 11.6 Å². The Morgan fingerprint density at radius 3 is 2.65 bits per heavy atom. The maximum atomic E-state index is 13.6. The molecule has 1 aromatic heterocycles. The number of fused-ring (bicyclic) bond motifs is 1. The number of aromatic nitrogens is 2. The maximum absolute atomic E-state index is 13.6. The van der Waals surface area contributed by atoms with Crippen LogP contribution in [0.15, 0.2) is 24.7 Å². The summed E-state index contributed by atoms with van der Waals surface area (Å²) in [5, 5.41) is 0. The second-order valence-electron chi connectivity index (χ2n) is 4.50. The SMILES string of the molecule is Cn1cncc1CN1C(=O)C(=O)c2c(F)cc(F)cc21. The summed E-state index contributed by atoms with van der Waals surface area (Å²) in [5.41, 5.74) is 0.223. The molecule has 102 valence electrons. The average molecular weight is 277 g/mol. The molecule has 0 saturated heterocycles. The molecule has 0 N–H and O–H groups in total. The highest BCUT2D eigenvalue weighted by Gasteiger charge is 2.39. The van der Waals surface area contributed by atoms with Gasteiger partial charge in [0.15, 0.2) is 0 Å². The first-order valence-corrected chi connectivity index (χ1v) is 5.79. The van der Waals surface area contributed by atoms with Gasteiger partial charge in [0.25, 0.3) is 11.7 Å². The largest absolute Gasteiger partial charge is 0.336 e. The van der Waals surface area contributed by atoms with Crippen molar-refractivity contribution in [3.63, 3.8) is 0 Å². The standard InChI is InChI=1S/C13H9F2N3O2/c1-17-6-16-4-8(17)5-18-10-3-7(14)2-9(15)11(10)12(19)13(18)20/h2-4,6H,5H2,1H3. The number of nitrogens with zero attached hydrogens (tertiary/aromatic N) is 3. The lowest BCUT2D eigenvalue weighted by Gasteiger charge is -2.16. The topological polar surface area (TPSA) is 55.2 Å². The van der Waals surface area contributed by atoms with Crippen molar-refractivity contribution in [2.24, 2.45) is 7.05 Å². The first-order chi connectivity index (χ1) is 9.49. The minimum atomic E-state index is -1.02. The van der Waals surface area contributed by atoms with Gasteiger partial charge >= 0.3 is 0 Å². The van der Waals surface area contributed by atoms with Gasteiger partial charge in [-0.15, -0.1) is 0 Å². The quantitative estimate of drug-likeness (QED) is 0.780. The summed E-state index contributed by atoms with van der Waals surface area (Å²) in [6.45, 7) is 0.0248. The zero-order chi connectivity index (χ0) is 14.4. The van der Waals surface area contributed by atoms with E-state index in [4.69, 9.17) is 0 Å². The van der Waals surface area contributed by atoms with Crippen LogP contribution >= 0.6 is 0 Å². The van der Waals surface area contributed by atoms with Crippen LogP contribution in [0.2, 0.25) is 0 Å². The Kier molecular flexibility index (Phi) is 2.63. The highest BCUT2D eigenvalue weighted by molar-refractivity contribution is 6.52. The summed E-state index contributed by atoms with van der Waals surface area (Å²) in [6.07, 6.45) is 3.05. The van der Waals surface area contributed by atoms with E-state index in [2.05, 4.69) is 4.98 Å². The van der Waals surface area contributed by atoms with Gasteiger partial charge in [-0.2, -0.15) is 0 Å². The number of hydrogen-bond donors (Lipinski definition) is 0. The molecule has 1 aliphatic rings. The minimum Gasteiger partial charge on any atom is -0.336 e. The highest BCUT2D eigenvalue weighted by atomic mass is 19.1. The lowest BCUT2D eigenvalue weighted by molar-refractivity contribution is -0.114. The van der Waals surface area contributed by atoms with Crippen molar-refractivity contribution in [1.82, 2.24) is 9.55 Å². The summed E-state index contributed by atoms with van der Waals surface area (Å²) < 4.78 is 28.6. The van der Waals surface area contributed by atoms with Crippen LogP contribution in [0.3, 0.4) is 0 Å². The molecule has 0 fully saturated rings. The van der Waals surface area contributed by atoms with E-state index in [0.717, 1.165) is 11.0 Å². The molecule has 0 atom stereocenters. The molecule has 0 unspecified atom stereocenters. The number of aryl methyl sites for hydroxylation is 1. The predicted molar refractivity (Wildman–Crippen MR) is 65.1 cm³/mol. The van der Waals surface area contributed by atoms with Gasteiger partial charge in [-0.05, 0) is 6.07 Å². The summed E-state index contributed by atoms with van der Waals surface area (Å²) in [4.78, 5) is 28.6. The van der Waals surface area contributed by atoms with E-state index < -0.39 is 23.3 Å². The van der Waals surface area contributed by atoms with Crippen LogP contribution in [0.25, 0.3) is 0 Å². The zero-order valence-corrected chi connectivity index (χ0v) is 10.4. The van der Waals surface area contributed by atoms with Crippen LogP contribution in [0, 0.1) is 11.6 Å². The van der Waals surface area contributed by atoms with Crippen LogP contribution in [0.5, 0.6) is 0 Å². The second-order valence-corrected chi connectivity index (χ2v) is 4.50. The van der Waals surface area contributed by atoms with E-state index in [9.17, 15) is 18.4 Å². The summed E-state index contributed by atoms with van der Waals surface area (Å²) in [5.74, 6) is -3.69. The summed E-state index contributed by atoms with van der Waals surface area (Å²) >= 11 is 0. The molecule has 1 aliphatic heterocycles. The smallest absolute Gasteiger partial charge is 0.299 e. The molecule has 1 amide bonds. The molecule has 1 aromatic carbocycles. The lowest BCUT2D eigenvalue weighted by atomic mass is 10.1. The van der Waals surface area contributed by atoms with Crippen molar-refractivity contribution in [1.29, 1.82) is 0 Å². The second kappa shape index (κ2) is 4.22. The number of imidazole rings is 1. The van der Waals surface area contributed by atoms with Crippen molar-refractivity contribution in [3.05, 3.63) is 47.5 Å². The number of ketones is 1. The Balaban J connectivity index is 2.09. The van der Waals surface area contributed by atoms with Crippen LogP contribution < -0.4 is 4.90 Å². The molecular formula is C13H9F2N3O2. The fourth-order valence-electron chi connectivity index (χ4n) is 2.19. The molecule has 5 nitrogen and oxygen atoms in total. The van der Waals surface area contributed by atoms with Gasteiger partial charge < -0.3 is 4.57 Å². The van der Waals surface area contributed by atoms with Crippen molar-refractivity contribution < 1.29 is 18.4 Å². The van der Waals surface area contributed by atoms with Crippen LogP contribution in [0.1, 0.15) is 16.1 Å². The number of anilines is 1. The van der Waals surface area contributed by atoms with Gasteiger partial charge in [-0.25, -0.2) is 13.8 Å². The lowest BCUT2D eigenvalue weighted by Crippen LogP contribution is -2.29. The number of hydrogen-bond acceptors (Lipinski definition) is 3. The number of carbonyl (C=O) groups is 2. The number of Topliss-reactive ketones (excluding diaryl/α,β-unsaturated/α-hetero) is 1. The van der Waals surface area contributed by atoms with E-state index in [1.807, 2.05) is 0 Å². The molecule has 0 bridgehead atoms. The van der Waals surface area contributed by atoms with Gasteiger partial charge in [-0.3, -0.25) is 14.5 Å². The maximum Gasteiger partial charge on any atom is 0.299 e. The van der Waals surface area contributed by atoms with Gasteiger partial charge in [-0.1, -0.05) is 0 Å². The Bertz CT molecular complexity index is 739. The first-order valence-electron chi connectivity index (χ1n) is 5.79. The molecule has 3 rings (SSSR count). The summed E-state index contributed by atoms with van der Waals surface area (Å²) in [6, 6.07) is 1.58. The Labute approximate surface area is 112 Å². The molecule has 2 heterocycles. The van der Waals surface area contributed by atoms with Crippen LogP contribution in [0.4, 0.5) is 14.5 Å².